The van der Waals surface area contributed by atoms with Gasteiger partial charge in [-0.05, 0) is 45.4 Å². The maximum Gasteiger partial charge on any atom is 0.0632 e. The number of aliphatic hydroxyl groups excluding tert-OH is 1. The average Bonchev–Trinajstić information content (AvgIpc) is 2.34. The second-order valence-electron chi connectivity index (χ2n) is 6.02. The third-order valence-corrected chi connectivity index (χ3v) is 3.40. The lowest BCUT2D eigenvalue weighted by atomic mass is 10.1. The molecule has 0 aliphatic rings. The van der Waals surface area contributed by atoms with E-state index in [1.54, 1.807) is 0 Å². The Morgan fingerprint density at radius 2 is 2.00 bits per heavy atom. The summed E-state index contributed by atoms with van der Waals surface area (Å²) in [6, 6.07) is 5.96. The van der Waals surface area contributed by atoms with Crippen LogP contribution in [-0.2, 0) is 6.54 Å². The molecule has 0 amide bonds. The molecule has 0 heterocycles. The van der Waals surface area contributed by atoms with Gasteiger partial charge in [-0.1, -0.05) is 17.7 Å². The van der Waals surface area contributed by atoms with Crippen LogP contribution >= 0.6 is 11.6 Å². The molecule has 0 aliphatic heterocycles. The van der Waals surface area contributed by atoms with Gasteiger partial charge in [-0.2, -0.15) is 0 Å². The minimum atomic E-state index is 0.0619. The number of halogens is 1. The largest absolute Gasteiger partial charge is 0.394 e. The number of nitrogens with one attached hydrogen (secondary N) is 1. The number of benzene rings is 1. The number of hydrogen-bond acceptors (Lipinski definition) is 3. The molecule has 0 saturated carbocycles. The fraction of sp³-hybridized carbons (Fsp3) is 0.600. The van der Waals surface area contributed by atoms with E-state index < -0.39 is 0 Å². The summed E-state index contributed by atoms with van der Waals surface area (Å²) < 4.78 is 0. The number of hydrogen-bond donors (Lipinski definition) is 2. The van der Waals surface area contributed by atoms with E-state index in [1.807, 2.05) is 32.2 Å². The Balaban J connectivity index is 2.97. The lowest BCUT2D eigenvalue weighted by molar-refractivity contribution is 0.270. The zero-order valence-electron chi connectivity index (χ0n) is 12.5. The molecule has 2 N–H and O–H groups in total. The van der Waals surface area contributed by atoms with Crippen LogP contribution in [0.25, 0.3) is 0 Å². The molecule has 0 fully saturated rings. The molecule has 108 valence electrons. The molecule has 1 aromatic carbocycles. The van der Waals surface area contributed by atoms with Gasteiger partial charge in [0.25, 0.3) is 0 Å². The van der Waals surface area contributed by atoms with Gasteiger partial charge in [-0.25, -0.2) is 0 Å². The van der Waals surface area contributed by atoms with Crippen molar-refractivity contribution in [3.8, 4) is 0 Å². The highest BCUT2D eigenvalue weighted by molar-refractivity contribution is 6.30. The van der Waals surface area contributed by atoms with Crippen molar-refractivity contribution in [2.45, 2.75) is 45.8 Å². The van der Waals surface area contributed by atoms with Gasteiger partial charge in [0.1, 0.15) is 0 Å². The van der Waals surface area contributed by atoms with Crippen LogP contribution in [0.2, 0.25) is 5.02 Å². The predicted octanol–water partition coefficient (Wildman–Crippen LogP) is 3.05. The molecule has 4 heteroatoms. The van der Waals surface area contributed by atoms with Crippen LogP contribution in [0.4, 0.5) is 5.69 Å². The molecular weight excluding hydrogens is 260 g/mol. The van der Waals surface area contributed by atoms with Crippen molar-refractivity contribution in [2.75, 3.05) is 18.6 Å². The molecule has 0 radical (unpaired) electrons. The second kappa shape index (κ2) is 6.60. The SMILES string of the molecule is CC(CO)N(C)c1cc(Cl)ccc1CNC(C)(C)C. The van der Waals surface area contributed by atoms with E-state index in [9.17, 15) is 5.11 Å². The van der Waals surface area contributed by atoms with Crippen LogP contribution in [-0.4, -0.2) is 30.3 Å². The summed E-state index contributed by atoms with van der Waals surface area (Å²) >= 11 is 6.09. The van der Waals surface area contributed by atoms with Crippen LogP contribution in [0.1, 0.15) is 33.3 Å². The first kappa shape index (κ1) is 16.3. The van der Waals surface area contributed by atoms with Crippen molar-refractivity contribution < 1.29 is 5.11 Å². The van der Waals surface area contributed by atoms with Crippen molar-refractivity contribution in [1.29, 1.82) is 0 Å². The summed E-state index contributed by atoms with van der Waals surface area (Å²) in [7, 11) is 1.98. The molecule has 0 aliphatic carbocycles. The molecule has 1 rings (SSSR count). The van der Waals surface area contributed by atoms with Crippen molar-refractivity contribution in [3.05, 3.63) is 28.8 Å². The molecular formula is C15H25ClN2O. The fourth-order valence-corrected chi connectivity index (χ4v) is 1.90. The molecule has 0 saturated heterocycles. The van der Waals surface area contributed by atoms with Gasteiger partial charge in [-0.15, -0.1) is 0 Å². The van der Waals surface area contributed by atoms with Crippen molar-refractivity contribution in [1.82, 2.24) is 5.32 Å². The molecule has 1 unspecified atom stereocenters. The monoisotopic (exact) mass is 284 g/mol. The van der Waals surface area contributed by atoms with E-state index >= 15 is 0 Å². The van der Waals surface area contributed by atoms with E-state index in [4.69, 9.17) is 11.6 Å². The maximum atomic E-state index is 9.30. The summed E-state index contributed by atoms with van der Waals surface area (Å²) in [5.74, 6) is 0. The van der Waals surface area contributed by atoms with Crippen LogP contribution in [0, 0.1) is 0 Å². The topological polar surface area (TPSA) is 35.5 Å². The smallest absolute Gasteiger partial charge is 0.0632 e. The Bertz CT molecular complexity index is 415. The normalized spacial score (nSPS) is 13.4. The molecule has 3 nitrogen and oxygen atoms in total. The summed E-state index contributed by atoms with van der Waals surface area (Å²) in [4.78, 5) is 2.06. The van der Waals surface area contributed by atoms with Gasteiger partial charge in [0.05, 0.1) is 6.61 Å². The van der Waals surface area contributed by atoms with E-state index in [1.165, 1.54) is 5.56 Å². The minimum Gasteiger partial charge on any atom is -0.394 e. The second-order valence-corrected chi connectivity index (χ2v) is 6.46. The number of nitrogens with zero attached hydrogens (tertiary/aromatic N) is 1. The standard InChI is InChI=1S/C15H25ClN2O/c1-11(10-19)18(5)14-8-13(16)7-6-12(14)9-17-15(2,3)4/h6-8,11,17,19H,9-10H2,1-5H3. The van der Waals surface area contributed by atoms with Crippen molar-refractivity contribution >= 4 is 17.3 Å². The summed E-state index contributed by atoms with van der Waals surface area (Å²) in [5.41, 5.74) is 2.31. The zero-order valence-corrected chi connectivity index (χ0v) is 13.3. The van der Waals surface area contributed by atoms with Gasteiger partial charge in [-0.3, -0.25) is 0 Å². The molecule has 0 spiro atoms. The first-order chi connectivity index (χ1) is 8.74. The summed E-state index contributed by atoms with van der Waals surface area (Å²) in [6.07, 6.45) is 0. The fourth-order valence-electron chi connectivity index (χ4n) is 1.74. The maximum absolute atomic E-state index is 9.30. The van der Waals surface area contributed by atoms with Crippen molar-refractivity contribution in [2.24, 2.45) is 0 Å². The van der Waals surface area contributed by atoms with Crippen LogP contribution in [0.5, 0.6) is 0 Å². The highest BCUT2D eigenvalue weighted by Gasteiger charge is 2.15. The number of rotatable bonds is 5. The number of anilines is 1. The van der Waals surface area contributed by atoms with E-state index in [-0.39, 0.29) is 18.2 Å². The predicted molar refractivity (Wildman–Crippen MR) is 83.0 cm³/mol. The van der Waals surface area contributed by atoms with Gasteiger partial charge in [0.2, 0.25) is 0 Å². The van der Waals surface area contributed by atoms with E-state index in [0.29, 0.717) is 5.02 Å². The molecule has 1 atom stereocenters. The molecule has 19 heavy (non-hydrogen) atoms. The van der Waals surface area contributed by atoms with Gasteiger partial charge < -0.3 is 15.3 Å². The lowest BCUT2D eigenvalue weighted by Gasteiger charge is -2.29. The van der Waals surface area contributed by atoms with E-state index in [0.717, 1.165) is 12.2 Å². The third kappa shape index (κ3) is 5.01. The Morgan fingerprint density at radius 1 is 1.37 bits per heavy atom. The average molecular weight is 285 g/mol. The van der Waals surface area contributed by atoms with E-state index in [2.05, 4.69) is 31.0 Å². The van der Waals surface area contributed by atoms with Crippen molar-refractivity contribution in [3.63, 3.8) is 0 Å². The molecule has 0 bridgehead atoms. The Hall–Kier alpha value is -0.770. The Kier molecular flexibility index (Phi) is 5.65. The van der Waals surface area contributed by atoms with Gasteiger partial charge >= 0.3 is 0 Å². The minimum absolute atomic E-state index is 0.0619. The first-order valence-electron chi connectivity index (χ1n) is 6.61. The van der Waals surface area contributed by atoms with Crippen LogP contribution in [0.15, 0.2) is 18.2 Å². The molecule has 1 aromatic rings. The summed E-state index contributed by atoms with van der Waals surface area (Å²) in [5, 5.41) is 13.5. The lowest BCUT2D eigenvalue weighted by Crippen LogP contribution is -2.37. The van der Waals surface area contributed by atoms with Crippen LogP contribution in [0.3, 0.4) is 0 Å². The van der Waals surface area contributed by atoms with Crippen LogP contribution < -0.4 is 10.2 Å². The highest BCUT2D eigenvalue weighted by atomic mass is 35.5. The third-order valence-electron chi connectivity index (χ3n) is 3.16. The molecule has 0 aromatic heterocycles. The van der Waals surface area contributed by atoms with Gasteiger partial charge in [0.15, 0.2) is 0 Å². The first-order valence-corrected chi connectivity index (χ1v) is 6.99. The quantitative estimate of drug-likeness (QED) is 0.872. The number of aliphatic hydroxyl groups is 1. The highest BCUT2D eigenvalue weighted by Crippen LogP contribution is 2.26. The van der Waals surface area contributed by atoms with Gasteiger partial charge in [0, 0.05) is 35.9 Å². The number of likely N-dealkylation sites (N-methyl/N-ethyl adjacent to an activating group) is 1. The summed E-state index contributed by atoms with van der Waals surface area (Å²) in [6.45, 7) is 9.31. The Labute approximate surface area is 121 Å². The zero-order chi connectivity index (χ0) is 14.6. The Morgan fingerprint density at radius 3 is 2.53 bits per heavy atom.